The van der Waals surface area contributed by atoms with Crippen molar-refractivity contribution in [3.63, 3.8) is 0 Å². The van der Waals surface area contributed by atoms with Crippen molar-refractivity contribution in [2.45, 2.75) is 19.4 Å². The molecule has 2 N–H and O–H groups in total. The summed E-state index contributed by atoms with van der Waals surface area (Å²) in [5.74, 6) is -0.583. The van der Waals surface area contributed by atoms with E-state index >= 15 is 0 Å². The Hall–Kier alpha value is -1.49. The Labute approximate surface area is 95.0 Å². The smallest absolute Gasteiger partial charge is 0.371 e. The number of furan rings is 1. The van der Waals surface area contributed by atoms with E-state index in [0.29, 0.717) is 5.88 Å². The maximum atomic E-state index is 10.6. The fourth-order valence-electron chi connectivity index (χ4n) is 1.30. The first-order valence-electron chi connectivity index (χ1n) is 5.23. The first kappa shape index (κ1) is 12.6. The molecule has 0 spiro atoms. The highest BCUT2D eigenvalue weighted by Gasteiger charge is 2.10. The molecule has 0 saturated heterocycles. The van der Waals surface area contributed by atoms with Crippen molar-refractivity contribution in [3.8, 4) is 0 Å². The van der Waals surface area contributed by atoms with E-state index in [0.717, 1.165) is 13.0 Å². The van der Waals surface area contributed by atoms with Crippen molar-refractivity contribution in [1.29, 1.82) is 0 Å². The fourth-order valence-corrected chi connectivity index (χ4v) is 1.30. The van der Waals surface area contributed by atoms with Gasteiger partial charge in [0.1, 0.15) is 0 Å². The molecule has 0 aliphatic rings. The van der Waals surface area contributed by atoms with Crippen LogP contribution in [0.15, 0.2) is 16.5 Å². The molecule has 1 aromatic heterocycles. The fraction of sp³-hybridized carbons (Fsp3) is 0.545. The maximum absolute atomic E-state index is 10.6. The zero-order valence-electron chi connectivity index (χ0n) is 9.86. The molecule has 0 fully saturated rings. The minimum Gasteiger partial charge on any atom is -0.475 e. The lowest BCUT2D eigenvalue weighted by molar-refractivity contribution is 0.0663. The third-order valence-corrected chi connectivity index (χ3v) is 2.21. The lowest BCUT2D eigenvalue weighted by atomic mass is 10.2. The zero-order valence-corrected chi connectivity index (χ0v) is 9.86. The highest BCUT2D eigenvalue weighted by molar-refractivity contribution is 5.84. The molecule has 16 heavy (non-hydrogen) atoms. The van der Waals surface area contributed by atoms with Crippen molar-refractivity contribution in [2.75, 3.05) is 26.0 Å². The van der Waals surface area contributed by atoms with Crippen molar-refractivity contribution in [2.24, 2.45) is 0 Å². The lowest BCUT2D eigenvalue weighted by Gasteiger charge is -2.15. The molecule has 0 aliphatic heterocycles. The lowest BCUT2D eigenvalue weighted by Crippen LogP contribution is -2.22. The minimum absolute atomic E-state index is 0.0395. The van der Waals surface area contributed by atoms with Gasteiger partial charge in [-0.05, 0) is 40.1 Å². The molecule has 1 aromatic rings. The van der Waals surface area contributed by atoms with E-state index in [1.807, 2.05) is 21.0 Å². The first-order chi connectivity index (χ1) is 7.49. The standard InChI is InChI=1S/C11H18N2O3/c1-8(6-7-13(2)3)12-10-5-4-9(16-10)11(14)15/h4-5,8,12H,6-7H2,1-3H3,(H,14,15). The molecular weight excluding hydrogens is 208 g/mol. The van der Waals surface area contributed by atoms with Gasteiger partial charge in [-0.25, -0.2) is 4.79 Å². The molecule has 1 unspecified atom stereocenters. The molecule has 1 atom stereocenters. The van der Waals surface area contributed by atoms with Gasteiger partial charge in [0.2, 0.25) is 5.76 Å². The summed E-state index contributed by atoms with van der Waals surface area (Å²) in [6.07, 6.45) is 0.968. The Kier molecular flexibility index (Phi) is 4.37. The summed E-state index contributed by atoms with van der Waals surface area (Å²) in [5, 5.41) is 11.8. The Bertz CT molecular complexity index is 347. The highest BCUT2D eigenvalue weighted by atomic mass is 16.4. The number of aromatic carboxylic acids is 1. The van der Waals surface area contributed by atoms with Crippen LogP contribution >= 0.6 is 0 Å². The van der Waals surface area contributed by atoms with Crippen LogP contribution in [0, 0.1) is 0 Å². The molecule has 1 heterocycles. The van der Waals surface area contributed by atoms with E-state index in [4.69, 9.17) is 9.52 Å². The van der Waals surface area contributed by atoms with Crippen LogP contribution in [0.1, 0.15) is 23.9 Å². The number of anilines is 1. The van der Waals surface area contributed by atoms with E-state index in [1.54, 1.807) is 6.07 Å². The molecule has 0 bridgehead atoms. The van der Waals surface area contributed by atoms with Crippen LogP contribution in [0.2, 0.25) is 0 Å². The Morgan fingerprint density at radius 3 is 2.75 bits per heavy atom. The second-order valence-corrected chi connectivity index (χ2v) is 4.11. The van der Waals surface area contributed by atoms with E-state index < -0.39 is 5.97 Å². The highest BCUT2D eigenvalue weighted by Crippen LogP contribution is 2.14. The van der Waals surface area contributed by atoms with Crippen molar-refractivity contribution in [1.82, 2.24) is 4.90 Å². The maximum Gasteiger partial charge on any atom is 0.371 e. The quantitative estimate of drug-likeness (QED) is 0.773. The molecular formula is C11H18N2O3. The van der Waals surface area contributed by atoms with Crippen LogP contribution < -0.4 is 5.32 Å². The van der Waals surface area contributed by atoms with Gasteiger partial charge in [-0.1, -0.05) is 0 Å². The number of nitrogens with zero attached hydrogens (tertiary/aromatic N) is 1. The van der Waals surface area contributed by atoms with Crippen LogP contribution in [0.4, 0.5) is 5.88 Å². The summed E-state index contributed by atoms with van der Waals surface area (Å²) in [6, 6.07) is 3.33. The van der Waals surface area contributed by atoms with Crippen LogP contribution in [0.5, 0.6) is 0 Å². The van der Waals surface area contributed by atoms with Crippen molar-refractivity contribution < 1.29 is 14.3 Å². The van der Waals surface area contributed by atoms with Gasteiger partial charge in [0.15, 0.2) is 5.88 Å². The monoisotopic (exact) mass is 226 g/mol. The second-order valence-electron chi connectivity index (χ2n) is 4.11. The van der Waals surface area contributed by atoms with Crippen LogP contribution in [-0.2, 0) is 0 Å². The van der Waals surface area contributed by atoms with Gasteiger partial charge in [-0.2, -0.15) is 0 Å². The van der Waals surface area contributed by atoms with Gasteiger partial charge in [-0.15, -0.1) is 0 Å². The summed E-state index contributed by atoms with van der Waals surface area (Å²) in [4.78, 5) is 12.7. The Balaban J connectivity index is 2.43. The van der Waals surface area contributed by atoms with Crippen LogP contribution in [-0.4, -0.2) is 42.7 Å². The molecule has 0 aromatic carbocycles. The summed E-state index contributed by atoms with van der Waals surface area (Å²) in [5.41, 5.74) is 0. The number of rotatable bonds is 6. The summed E-state index contributed by atoms with van der Waals surface area (Å²) < 4.78 is 5.10. The summed E-state index contributed by atoms with van der Waals surface area (Å²) in [7, 11) is 4.03. The number of nitrogens with one attached hydrogen (secondary N) is 1. The third kappa shape index (κ3) is 3.94. The predicted molar refractivity (Wildman–Crippen MR) is 61.9 cm³/mol. The SMILES string of the molecule is CC(CCN(C)C)Nc1ccc(C(=O)O)o1. The predicted octanol–water partition coefficient (Wildman–Crippen LogP) is 1.73. The normalized spacial score (nSPS) is 12.8. The number of carbonyl (C=O) groups is 1. The molecule has 1 rings (SSSR count). The van der Waals surface area contributed by atoms with E-state index in [9.17, 15) is 4.79 Å². The average Bonchev–Trinajstić information content (AvgIpc) is 2.63. The van der Waals surface area contributed by atoms with Gasteiger partial charge in [0, 0.05) is 12.1 Å². The zero-order chi connectivity index (χ0) is 12.1. The van der Waals surface area contributed by atoms with Crippen molar-refractivity contribution >= 4 is 11.9 Å². The molecule has 90 valence electrons. The molecule has 0 radical (unpaired) electrons. The first-order valence-corrected chi connectivity index (χ1v) is 5.23. The number of hydrogen-bond acceptors (Lipinski definition) is 4. The van der Waals surface area contributed by atoms with Gasteiger partial charge < -0.3 is 19.7 Å². The Morgan fingerprint density at radius 2 is 2.25 bits per heavy atom. The van der Waals surface area contributed by atoms with E-state index in [2.05, 4.69) is 10.2 Å². The summed E-state index contributed by atoms with van der Waals surface area (Å²) in [6.45, 7) is 3.01. The van der Waals surface area contributed by atoms with Crippen LogP contribution in [0.3, 0.4) is 0 Å². The molecule has 0 saturated carbocycles. The molecule has 5 nitrogen and oxygen atoms in total. The van der Waals surface area contributed by atoms with Gasteiger partial charge in [0.05, 0.1) is 0 Å². The third-order valence-electron chi connectivity index (χ3n) is 2.21. The van der Waals surface area contributed by atoms with E-state index in [1.165, 1.54) is 6.07 Å². The molecule has 0 amide bonds. The second kappa shape index (κ2) is 5.55. The number of carboxylic acids is 1. The molecule has 0 aliphatic carbocycles. The van der Waals surface area contributed by atoms with E-state index in [-0.39, 0.29) is 11.8 Å². The minimum atomic E-state index is -1.05. The Morgan fingerprint density at radius 1 is 1.56 bits per heavy atom. The average molecular weight is 226 g/mol. The van der Waals surface area contributed by atoms with Gasteiger partial charge in [0.25, 0.3) is 0 Å². The topological polar surface area (TPSA) is 65.7 Å². The number of hydrogen-bond donors (Lipinski definition) is 2. The largest absolute Gasteiger partial charge is 0.475 e. The van der Waals surface area contributed by atoms with Crippen molar-refractivity contribution in [3.05, 3.63) is 17.9 Å². The number of carboxylic acid groups (broad SMARTS) is 1. The molecule has 5 heteroatoms. The van der Waals surface area contributed by atoms with Gasteiger partial charge in [-0.3, -0.25) is 0 Å². The van der Waals surface area contributed by atoms with Gasteiger partial charge >= 0.3 is 5.97 Å². The van der Waals surface area contributed by atoms with Crippen LogP contribution in [0.25, 0.3) is 0 Å². The summed E-state index contributed by atoms with van der Waals surface area (Å²) >= 11 is 0.